The van der Waals surface area contributed by atoms with E-state index in [-0.39, 0.29) is 4.90 Å². The summed E-state index contributed by atoms with van der Waals surface area (Å²) < 4.78 is 48.3. The number of aryl methyl sites for hydroxylation is 4. The lowest BCUT2D eigenvalue weighted by Gasteiger charge is -2.30. The monoisotopic (exact) mass is 902 g/mol. The number of thioether (sulfide) groups is 2. The second-order valence-electron chi connectivity index (χ2n) is 15.7. The van der Waals surface area contributed by atoms with Crippen LogP contribution in [0.25, 0.3) is 33.4 Å². The fourth-order valence-corrected chi connectivity index (χ4v) is 11.2. The molecule has 0 saturated heterocycles. The summed E-state index contributed by atoms with van der Waals surface area (Å²) in [7, 11) is -4.83. The number of hydrogen-bond donors (Lipinski definition) is 0. The fraction of sp³-hybridized carbons (Fsp3) is 0.218. The highest BCUT2D eigenvalue weighted by atomic mass is 32.2. The molecule has 9 heteroatoms. The highest BCUT2D eigenvalue weighted by Gasteiger charge is 2.26. The van der Waals surface area contributed by atoms with Gasteiger partial charge in [-0.1, -0.05) is 119 Å². The Kier molecular flexibility index (Phi) is 14.4. The van der Waals surface area contributed by atoms with E-state index in [4.69, 9.17) is 4.42 Å². The number of para-hydroxylation sites is 2. The lowest BCUT2D eigenvalue weighted by molar-refractivity contribution is 0.463. The third-order valence-electron chi connectivity index (χ3n) is 11.9. The van der Waals surface area contributed by atoms with Crippen LogP contribution >= 0.6 is 23.5 Å². The first-order chi connectivity index (χ1) is 31.2. The molecule has 6 aromatic rings. The van der Waals surface area contributed by atoms with Gasteiger partial charge in [0.25, 0.3) is 0 Å². The molecule has 1 heterocycles. The maximum Gasteiger partial charge on any atom is 0.212 e. The minimum Gasteiger partial charge on any atom is -0.744 e. The van der Waals surface area contributed by atoms with Crippen LogP contribution in [-0.2, 0) is 35.8 Å². The lowest BCUT2D eigenvalue weighted by Crippen LogP contribution is -2.29. The van der Waals surface area contributed by atoms with E-state index in [1.54, 1.807) is 18.2 Å². The quantitative estimate of drug-likeness (QED) is 0.0390. The molecule has 1 aliphatic heterocycles. The molecule has 0 atom stereocenters. The Balaban J connectivity index is 1.38. The van der Waals surface area contributed by atoms with Gasteiger partial charge in [-0.2, -0.15) is 4.58 Å². The maximum absolute atomic E-state index is 13.0. The summed E-state index contributed by atoms with van der Waals surface area (Å²) in [4.78, 5) is 4.59. The Labute approximate surface area is 386 Å². The topological polar surface area (TPSA) is 76.6 Å². The molecule has 0 radical (unpaired) electrons. The Bertz CT molecular complexity index is 2990. The van der Waals surface area contributed by atoms with E-state index in [9.17, 15) is 13.0 Å². The van der Waals surface area contributed by atoms with Gasteiger partial charge in [0.05, 0.1) is 16.7 Å². The van der Waals surface area contributed by atoms with Crippen molar-refractivity contribution in [3.63, 3.8) is 0 Å². The van der Waals surface area contributed by atoms with E-state index < -0.39 is 10.1 Å². The molecule has 0 saturated carbocycles. The molecule has 0 unspecified atom stereocenters. The minimum atomic E-state index is -4.83. The second kappa shape index (κ2) is 20.5. The summed E-state index contributed by atoms with van der Waals surface area (Å²) in [5, 5.41) is 1.69. The predicted octanol–water partition coefficient (Wildman–Crippen LogP) is 13.2. The molecule has 0 aromatic heterocycles. The average Bonchev–Trinajstić information content (AvgIpc) is 3.33. The van der Waals surface area contributed by atoms with Crippen LogP contribution in [0.5, 0.6) is 0 Å². The zero-order chi connectivity index (χ0) is 44.6. The van der Waals surface area contributed by atoms with Crippen molar-refractivity contribution in [3.8, 4) is 22.5 Å². The molecule has 0 amide bonds. The van der Waals surface area contributed by atoms with Crippen LogP contribution in [0.2, 0.25) is 0 Å². The SMILES string of the molecule is CCc1cccc(CC)c1N(CCSc1ccccc1)c1ccc2c(-c3ccccc3S(=O)(=O)[O-])c3ccc(=[N+](CCSc4ccccc4)c4c(CC)cccc4CC)cc-3oc2c1. The van der Waals surface area contributed by atoms with Gasteiger partial charge in [0, 0.05) is 78.8 Å². The molecule has 326 valence electrons. The first-order valence-corrected chi connectivity index (χ1v) is 25.6. The third-order valence-corrected chi connectivity index (χ3v) is 14.7. The number of rotatable bonds is 17. The van der Waals surface area contributed by atoms with E-state index in [1.165, 1.54) is 49.5 Å². The maximum atomic E-state index is 13.0. The summed E-state index contributed by atoms with van der Waals surface area (Å²) in [6, 6.07) is 53.1. The number of fused-ring (bicyclic) bond motifs is 2. The molecule has 8 rings (SSSR count). The van der Waals surface area contributed by atoms with Gasteiger partial charge in [0.1, 0.15) is 21.5 Å². The van der Waals surface area contributed by atoms with Crippen molar-refractivity contribution in [2.75, 3.05) is 29.5 Å². The largest absolute Gasteiger partial charge is 0.744 e. The zero-order valence-corrected chi connectivity index (χ0v) is 39.4. The fourth-order valence-electron chi connectivity index (χ4n) is 8.79. The van der Waals surface area contributed by atoms with Crippen LogP contribution in [0.4, 0.5) is 17.1 Å². The van der Waals surface area contributed by atoms with E-state index in [0.29, 0.717) is 22.5 Å². The Morgan fingerprint density at radius 1 is 0.594 bits per heavy atom. The van der Waals surface area contributed by atoms with Gasteiger partial charge in [0.15, 0.2) is 6.54 Å². The molecule has 1 aliphatic carbocycles. The molecular weight excluding hydrogens is 849 g/mol. The van der Waals surface area contributed by atoms with E-state index >= 15 is 0 Å². The van der Waals surface area contributed by atoms with E-state index in [0.717, 1.165) is 72.3 Å². The van der Waals surface area contributed by atoms with Gasteiger partial charge in [-0.3, -0.25) is 0 Å². The van der Waals surface area contributed by atoms with Crippen molar-refractivity contribution in [1.82, 2.24) is 4.58 Å². The summed E-state index contributed by atoms with van der Waals surface area (Å²) in [6.07, 6.45) is 3.51. The standard InChI is InChI=1S/C55H54N2O4S3/c1-5-39-19-17-20-40(6-2)54(39)56(33-35-62-45-23-11-9-12-24-45)43-29-31-47-50(37-43)61-51-38-44(30-32-48(51)53(47)49-27-15-16-28-52(49)64(58,59)60)57(34-36-63-46-25-13-10-14-26-46)55-41(7-3)21-18-22-42(55)8-4/h9-32,37-38H,5-8,33-36H2,1-4H3. The highest BCUT2D eigenvalue weighted by Crippen LogP contribution is 2.44. The van der Waals surface area contributed by atoms with Crippen LogP contribution < -0.4 is 14.8 Å². The second-order valence-corrected chi connectivity index (χ2v) is 19.4. The van der Waals surface area contributed by atoms with Gasteiger partial charge in [-0.15, -0.1) is 23.5 Å². The van der Waals surface area contributed by atoms with Gasteiger partial charge in [-0.05, 0) is 85.3 Å². The summed E-state index contributed by atoms with van der Waals surface area (Å²) in [5.74, 6) is 2.29. The van der Waals surface area contributed by atoms with Crippen molar-refractivity contribution >= 4 is 61.7 Å². The molecule has 0 spiro atoms. The summed E-state index contributed by atoms with van der Waals surface area (Å²) in [6.45, 7) is 10.3. The highest BCUT2D eigenvalue weighted by molar-refractivity contribution is 7.99. The van der Waals surface area contributed by atoms with Crippen LogP contribution in [0, 0.1) is 0 Å². The van der Waals surface area contributed by atoms with E-state index in [2.05, 4.69) is 146 Å². The summed E-state index contributed by atoms with van der Waals surface area (Å²) in [5.41, 5.74) is 10.8. The van der Waals surface area contributed by atoms with Gasteiger partial charge < -0.3 is 13.9 Å². The smallest absolute Gasteiger partial charge is 0.212 e. The third kappa shape index (κ3) is 9.73. The average molecular weight is 903 g/mol. The number of anilines is 2. The normalized spacial score (nSPS) is 12.2. The predicted molar refractivity (Wildman–Crippen MR) is 268 cm³/mol. The van der Waals surface area contributed by atoms with Gasteiger partial charge >= 0.3 is 0 Å². The first kappa shape index (κ1) is 45.0. The van der Waals surface area contributed by atoms with Crippen molar-refractivity contribution in [2.24, 2.45) is 0 Å². The number of nitrogens with zero attached hydrogens (tertiary/aromatic N) is 2. The van der Waals surface area contributed by atoms with Crippen molar-refractivity contribution in [3.05, 3.63) is 185 Å². The Morgan fingerprint density at radius 3 is 1.78 bits per heavy atom. The van der Waals surface area contributed by atoms with Crippen molar-refractivity contribution < 1.29 is 17.4 Å². The Hall–Kier alpha value is -5.58. The van der Waals surface area contributed by atoms with Crippen molar-refractivity contribution in [1.29, 1.82) is 0 Å². The molecule has 0 fully saturated rings. The molecule has 0 N–H and O–H groups in total. The molecule has 2 aliphatic rings. The molecule has 0 bridgehead atoms. The van der Waals surface area contributed by atoms with Gasteiger partial charge in [0.2, 0.25) is 11.0 Å². The van der Waals surface area contributed by atoms with Crippen LogP contribution in [0.3, 0.4) is 0 Å². The zero-order valence-electron chi connectivity index (χ0n) is 36.9. The first-order valence-electron chi connectivity index (χ1n) is 22.2. The van der Waals surface area contributed by atoms with E-state index in [1.807, 2.05) is 47.8 Å². The summed E-state index contributed by atoms with van der Waals surface area (Å²) >= 11 is 3.66. The van der Waals surface area contributed by atoms with Crippen LogP contribution in [0.1, 0.15) is 49.9 Å². The molecule has 6 aromatic carbocycles. The van der Waals surface area contributed by atoms with Crippen molar-refractivity contribution in [2.45, 2.75) is 68.1 Å². The van der Waals surface area contributed by atoms with Crippen LogP contribution in [0.15, 0.2) is 177 Å². The van der Waals surface area contributed by atoms with Crippen LogP contribution in [-0.4, -0.2) is 37.6 Å². The number of hydrogen-bond acceptors (Lipinski definition) is 7. The number of benzene rings is 7. The Morgan fingerprint density at radius 2 is 1.17 bits per heavy atom. The minimum absolute atomic E-state index is 0.259. The lowest BCUT2D eigenvalue weighted by atomic mass is 9.93. The van der Waals surface area contributed by atoms with Gasteiger partial charge in [-0.25, -0.2) is 8.42 Å². The molecule has 64 heavy (non-hydrogen) atoms. The molecule has 6 nitrogen and oxygen atoms in total. The molecular formula is C55H54N2O4S3.